The van der Waals surface area contributed by atoms with Crippen molar-refractivity contribution >= 4 is 56.1 Å². The topological polar surface area (TPSA) is 62.7 Å². The van der Waals surface area contributed by atoms with E-state index in [0.717, 1.165) is 52.0 Å². The monoisotopic (exact) mass is 735 g/mol. The van der Waals surface area contributed by atoms with Crippen LogP contribution in [0, 0.1) is 9.49 Å². The Hall–Kier alpha value is -0.860. The minimum atomic E-state index is -1.76. The third-order valence-electron chi connectivity index (χ3n) is 7.86. The Kier molecular flexibility index (Phi) is 8.48. The SMILES string of the molecule is C[C@@H]1Cc2c([nH]c3ccccc23)[C@@H](c2ccc([C@@H](O)C3CN(CCCF)C3)cc2I)N1CC(F)(I)CO. The number of alkyl halides is 3. The van der Waals surface area contributed by atoms with Gasteiger partial charge in [0.1, 0.15) is 0 Å². The molecule has 200 valence electrons. The predicted octanol–water partition coefficient (Wildman–Crippen LogP) is 5.53. The summed E-state index contributed by atoms with van der Waals surface area (Å²) in [5, 5.41) is 21.9. The van der Waals surface area contributed by atoms with Gasteiger partial charge in [-0.25, -0.2) is 4.39 Å². The lowest BCUT2D eigenvalue weighted by Gasteiger charge is -2.43. The van der Waals surface area contributed by atoms with E-state index in [-0.39, 0.29) is 31.2 Å². The van der Waals surface area contributed by atoms with Crippen LogP contribution in [0.1, 0.15) is 47.9 Å². The first-order valence-electron chi connectivity index (χ1n) is 12.8. The molecule has 1 unspecified atom stereocenters. The number of aliphatic hydroxyl groups excluding tert-OH is 2. The van der Waals surface area contributed by atoms with Gasteiger partial charge in [-0.1, -0.05) is 30.3 Å². The van der Waals surface area contributed by atoms with Crippen LogP contribution in [0.4, 0.5) is 8.78 Å². The minimum Gasteiger partial charge on any atom is -0.392 e. The molecule has 3 aromatic rings. The molecule has 2 aliphatic heterocycles. The second-order valence-electron chi connectivity index (χ2n) is 10.5. The summed E-state index contributed by atoms with van der Waals surface area (Å²) in [6, 6.07) is 14.2. The molecule has 0 saturated carbocycles. The van der Waals surface area contributed by atoms with E-state index < -0.39 is 16.4 Å². The predicted molar refractivity (Wildman–Crippen MR) is 160 cm³/mol. The van der Waals surface area contributed by atoms with Crippen molar-refractivity contribution in [1.29, 1.82) is 0 Å². The van der Waals surface area contributed by atoms with Crippen LogP contribution in [0.5, 0.6) is 0 Å². The number of likely N-dealkylation sites (tertiary alicyclic amines) is 1. The van der Waals surface area contributed by atoms with Gasteiger partial charge in [-0.2, -0.15) is 0 Å². The molecule has 4 atom stereocenters. The molecule has 37 heavy (non-hydrogen) atoms. The number of nitrogens with one attached hydrogen (secondary N) is 1. The maximum atomic E-state index is 15.2. The van der Waals surface area contributed by atoms with Crippen LogP contribution in [0.25, 0.3) is 10.9 Å². The number of hydrogen-bond donors (Lipinski definition) is 3. The van der Waals surface area contributed by atoms with Gasteiger partial charge in [0.25, 0.3) is 0 Å². The molecular weight excluding hydrogens is 702 g/mol. The molecule has 3 heterocycles. The Morgan fingerprint density at radius 3 is 2.68 bits per heavy atom. The number of fused-ring (bicyclic) bond motifs is 3. The molecule has 2 aliphatic rings. The largest absolute Gasteiger partial charge is 0.392 e. The number of para-hydroxylation sites is 1. The van der Waals surface area contributed by atoms with Gasteiger partial charge in [-0.3, -0.25) is 9.29 Å². The van der Waals surface area contributed by atoms with Crippen LogP contribution in [0.3, 0.4) is 0 Å². The van der Waals surface area contributed by atoms with Crippen molar-refractivity contribution in [1.82, 2.24) is 14.8 Å². The molecule has 0 spiro atoms. The quantitative estimate of drug-likeness (QED) is 0.200. The van der Waals surface area contributed by atoms with Crippen LogP contribution in [-0.2, 0) is 6.42 Å². The average molecular weight is 735 g/mol. The zero-order chi connectivity index (χ0) is 26.3. The summed E-state index contributed by atoms with van der Waals surface area (Å²) >= 11 is 4.05. The summed E-state index contributed by atoms with van der Waals surface area (Å²) in [4.78, 5) is 7.96. The summed E-state index contributed by atoms with van der Waals surface area (Å²) in [5.41, 5.74) is 5.32. The van der Waals surface area contributed by atoms with Crippen LogP contribution < -0.4 is 0 Å². The number of H-pyrrole nitrogens is 1. The van der Waals surface area contributed by atoms with E-state index in [1.165, 1.54) is 10.9 Å². The molecule has 5 rings (SSSR count). The first-order valence-corrected chi connectivity index (χ1v) is 15.0. The third kappa shape index (κ3) is 5.58. The zero-order valence-corrected chi connectivity index (χ0v) is 25.1. The first-order chi connectivity index (χ1) is 17.7. The standard InChI is InChI=1S/C28H33F2I2N3O2/c1-17-11-22-20-5-2-3-6-24(20)33-25(22)26(35(17)15-28(30,32)16-36)21-8-7-18(12-23(21)31)27(37)19-13-34(14-19)10-4-9-29/h2-3,5-8,12,17,19,26-27,33,36-37H,4,9-11,13-16H2,1H3/t17-,26-,27-,28?/m1/s1. The van der Waals surface area contributed by atoms with Crippen molar-refractivity contribution in [2.75, 3.05) is 39.5 Å². The van der Waals surface area contributed by atoms with E-state index in [2.05, 4.69) is 62.5 Å². The van der Waals surface area contributed by atoms with Crippen LogP contribution in [0.2, 0.25) is 0 Å². The lowest BCUT2D eigenvalue weighted by Crippen LogP contribution is -2.49. The smallest absolute Gasteiger partial charge is 0.196 e. The maximum absolute atomic E-state index is 15.2. The number of rotatable bonds is 9. The van der Waals surface area contributed by atoms with Crippen molar-refractivity contribution < 1.29 is 19.0 Å². The molecule has 0 bridgehead atoms. The molecule has 1 saturated heterocycles. The number of nitrogens with zero attached hydrogens (tertiary/aromatic N) is 2. The molecular formula is C28H33F2I2N3O2. The first kappa shape index (κ1) is 27.7. The van der Waals surface area contributed by atoms with Crippen molar-refractivity contribution in [2.45, 2.75) is 41.6 Å². The molecule has 5 nitrogen and oxygen atoms in total. The average Bonchev–Trinajstić information content (AvgIpc) is 3.21. The number of hydrogen-bond acceptors (Lipinski definition) is 4. The summed E-state index contributed by atoms with van der Waals surface area (Å²) in [6.45, 7) is 3.66. The van der Waals surface area contributed by atoms with Gasteiger partial charge in [0.15, 0.2) is 3.68 Å². The highest BCUT2D eigenvalue weighted by atomic mass is 127. The third-order valence-corrected chi connectivity index (χ3v) is 9.48. The van der Waals surface area contributed by atoms with Crippen molar-refractivity contribution in [3.8, 4) is 0 Å². The Morgan fingerprint density at radius 2 is 1.97 bits per heavy atom. The number of aromatic amines is 1. The number of aromatic nitrogens is 1. The van der Waals surface area contributed by atoms with Crippen LogP contribution >= 0.6 is 45.2 Å². The number of halogens is 4. The second-order valence-corrected chi connectivity index (χ2v) is 13.6. The molecule has 1 fully saturated rings. The van der Waals surface area contributed by atoms with Gasteiger partial charge < -0.3 is 20.1 Å². The highest BCUT2D eigenvalue weighted by Crippen LogP contribution is 2.44. The van der Waals surface area contributed by atoms with Crippen molar-refractivity contribution in [2.24, 2.45) is 5.92 Å². The van der Waals surface area contributed by atoms with Gasteiger partial charge in [0, 0.05) is 58.3 Å². The van der Waals surface area contributed by atoms with Gasteiger partial charge in [-0.15, -0.1) is 0 Å². The Bertz CT molecular complexity index is 1250. The number of aliphatic hydroxyl groups is 2. The van der Waals surface area contributed by atoms with Gasteiger partial charge in [0.2, 0.25) is 0 Å². The molecule has 3 N–H and O–H groups in total. The van der Waals surface area contributed by atoms with E-state index >= 15 is 4.39 Å². The van der Waals surface area contributed by atoms with Crippen molar-refractivity contribution in [3.63, 3.8) is 0 Å². The second kappa shape index (κ2) is 11.3. The summed E-state index contributed by atoms with van der Waals surface area (Å²) < 4.78 is 26.9. The van der Waals surface area contributed by atoms with Crippen LogP contribution in [0.15, 0.2) is 42.5 Å². The van der Waals surface area contributed by atoms with E-state index in [4.69, 9.17) is 0 Å². The van der Waals surface area contributed by atoms with E-state index in [0.29, 0.717) is 6.42 Å². The fourth-order valence-electron chi connectivity index (χ4n) is 5.90. The Balaban J connectivity index is 1.48. The molecule has 0 aliphatic carbocycles. The van der Waals surface area contributed by atoms with Gasteiger partial charge >= 0.3 is 0 Å². The highest BCUT2D eigenvalue weighted by molar-refractivity contribution is 14.1. The molecule has 1 aromatic heterocycles. The lowest BCUT2D eigenvalue weighted by molar-refractivity contribution is -0.00614. The van der Waals surface area contributed by atoms with Gasteiger partial charge in [-0.05, 0) is 93.8 Å². The van der Waals surface area contributed by atoms with E-state index in [1.54, 1.807) is 22.6 Å². The summed E-state index contributed by atoms with van der Waals surface area (Å²) in [6.07, 6.45) is 0.758. The normalized spacial score (nSPS) is 23.5. The fraction of sp³-hybridized carbons (Fsp3) is 0.500. The van der Waals surface area contributed by atoms with Crippen molar-refractivity contribution in [3.05, 3.63) is 68.4 Å². The summed E-state index contributed by atoms with van der Waals surface area (Å²) in [7, 11) is 0. The molecule has 9 heteroatoms. The molecule has 2 aromatic carbocycles. The van der Waals surface area contributed by atoms with E-state index in [1.807, 2.05) is 24.3 Å². The molecule has 0 radical (unpaired) electrons. The van der Waals surface area contributed by atoms with Gasteiger partial charge in [0.05, 0.1) is 25.4 Å². The number of benzene rings is 2. The summed E-state index contributed by atoms with van der Waals surface area (Å²) in [5.74, 6) is 0.142. The Morgan fingerprint density at radius 1 is 1.22 bits per heavy atom. The lowest BCUT2D eigenvalue weighted by atomic mass is 9.86. The fourth-order valence-corrected chi connectivity index (χ4v) is 7.13. The Labute approximate surface area is 243 Å². The zero-order valence-electron chi connectivity index (χ0n) is 20.8. The van der Waals surface area contributed by atoms with Crippen LogP contribution in [-0.4, -0.2) is 74.2 Å². The molecule has 0 amide bonds. The van der Waals surface area contributed by atoms with E-state index in [9.17, 15) is 14.6 Å². The minimum absolute atomic E-state index is 0.0690. The maximum Gasteiger partial charge on any atom is 0.196 e. The highest BCUT2D eigenvalue weighted by Gasteiger charge is 2.41.